The molecule has 24 heavy (non-hydrogen) atoms. The largest absolute Gasteiger partial charge is 0.497 e. The highest BCUT2D eigenvalue weighted by Gasteiger charge is 2.22. The molecule has 0 bridgehead atoms. The Bertz CT molecular complexity index is 824. The molecule has 0 atom stereocenters. The number of methoxy groups -OCH3 is 1. The van der Waals surface area contributed by atoms with Gasteiger partial charge in [-0.1, -0.05) is 0 Å². The number of allylic oxidation sites excluding steroid dienone is 1. The summed E-state index contributed by atoms with van der Waals surface area (Å²) in [6.45, 7) is 1.03. The van der Waals surface area contributed by atoms with Crippen molar-refractivity contribution in [1.82, 2.24) is 5.32 Å². The van der Waals surface area contributed by atoms with Crippen LogP contribution in [0.1, 0.15) is 21.5 Å². The molecule has 0 radical (unpaired) electrons. The Labute approximate surface area is 139 Å². The first-order chi connectivity index (χ1) is 11.7. The van der Waals surface area contributed by atoms with Crippen molar-refractivity contribution in [1.29, 1.82) is 0 Å². The molecule has 5 heteroatoms. The van der Waals surface area contributed by atoms with Crippen LogP contribution in [0.25, 0.3) is 5.70 Å². The number of hydrogen-bond donors (Lipinski definition) is 1. The van der Waals surface area contributed by atoms with Crippen molar-refractivity contribution in [3.63, 3.8) is 0 Å². The molecule has 4 rings (SSSR count). The zero-order valence-corrected chi connectivity index (χ0v) is 13.3. The highest BCUT2D eigenvalue weighted by Crippen LogP contribution is 2.38. The van der Waals surface area contributed by atoms with Crippen molar-refractivity contribution in [3.8, 4) is 17.2 Å². The summed E-state index contributed by atoms with van der Waals surface area (Å²) in [6, 6.07) is 11.0. The third-order valence-electron chi connectivity index (χ3n) is 4.25. The van der Waals surface area contributed by atoms with Crippen LogP contribution in [0.3, 0.4) is 0 Å². The van der Waals surface area contributed by atoms with Crippen LogP contribution in [0.5, 0.6) is 17.2 Å². The average molecular weight is 323 g/mol. The maximum atomic E-state index is 12.5. The Hall–Kier alpha value is -2.95. The summed E-state index contributed by atoms with van der Waals surface area (Å²) >= 11 is 0. The van der Waals surface area contributed by atoms with Crippen LogP contribution in [-0.4, -0.2) is 26.2 Å². The predicted molar refractivity (Wildman–Crippen MR) is 89.6 cm³/mol. The molecule has 2 aromatic carbocycles. The van der Waals surface area contributed by atoms with Gasteiger partial charge in [0.2, 0.25) is 6.79 Å². The fraction of sp³-hybridized carbons (Fsp3) is 0.211. The van der Waals surface area contributed by atoms with Gasteiger partial charge in [0.25, 0.3) is 0 Å². The topological polar surface area (TPSA) is 56.8 Å². The van der Waals surface area contributed by atoms with Gasteiger partial charge in [-0.3, -0.25) is 4.79 Å². The molecule has 2 aliphatic heterocycles. The van der Waals surface area contributed by atoms with Gasteiger partial charge in [0.15, 0.2) is 17.3 Å². The van der Waals surface area contributed by atoms with Gasteiger partial charge < -0.3 is 19.5 Å². The Morgan fingerprint density at radius 2 is 1.92 bits per heavy atom. The van der Waals surface area contributed by atoms with E-state index in [1.165, 1.54) is 0 Å². The molecular weight excluding hydrogens is 306 g/mol. The molecule has 0 amide bonds. The van der Waals surface area contributed by atoms with Gasteiger partial charge in [-0.25, -0.2) is 0 Å². The number of nitrogens with one attached hydrogen (secondary N) is 1. The summed E-state index contributed by atoms with van der Waals surface area (Å²) in [6.07, 6.45) is 2.53. The second-order valence-corrected chi connectivity index (χ2v) is 5.69. The monoisotopic (exact) mass is 323 g/mol. The van der Waals surface area contributed by atoms with Crippen molar-refractivity contribution >= 4 is 11.5 Å². The van der Waals surface area contributed by atoms with Gasteiger partial charge in [0.1, 0.15) is 5.75 Å². The SMILES string of the molecule is COc1ccc(C(=O)C=C2NCCc3cc4c(cc32)OCO4)cc1. The number of rotatable bonds is 3. The normalized spacial score (nSPS) is 16.5. The quantitative estimate of drug-likeness (QED) is 0.695. The van der Waals surface area contributed by atoms with Crippen LogP contribution in [0.15, 0.2) is 42.5 Å². The summed E-state index contributed by atoms with van der Waals surface area (Å²) in [5, 5.41) is 3.31. The Morgan fingerprint density at radius 3 is 2.67 bits per heavy atom. The third-order valence-corrected chi connectivity index (χ3v) is 4.25. The first-order valence-corrected chi connectivity index (χ1v) is 7.81. The molecule has 5 nitrogen and oxygen atoms in total. The van der Waals surface area contributed by atoms with E-state index in [0.29, 0.717) is 5.56 Å². The Kier molecular flexibility index (Phi) is 3.61. The number of ketones is 1. The van der Waals surface area contributed by atoms with Crippen molar-refractivity contribution in [2.24, 2.45) is 0 Å². The molecule has 0 saturated heterocycles. The summed E-state index contributed by atoms with van der Waals surface area (Å²) < 4.78 is 16.0. The number of benzene rings is 2. The maximum Gasteiger partial charge on any atom is 0.231 e. The van der Waals surface area contributed by atoms with Crippen LogP contribution in [0, 0.1) is 0 Å². The molecule has 0 spiro atoms. The molecular formula is C19H17NO4. The lowest BCUT2D eigenvalue weighted by Crippen LogP contribution is -2.23. The summed E-state index contributed by atoms with van der Waals surface area (Å²) in [4.78, 5) is 12.5. The minimum absolute atomic E-state index is 0.0503. The molecule has 122 valence electrons. The van der Waals surface area contributed by atoms with Crippen LogP contribution in [0.2, 0.25) is 0 Å². The molecule has 0 aliphatic carbocycles. The molecule has 0 unspecified atom stereocenters. The minimum Gasteiger partial charge on any atom is -0.497 e. The van der Waals surface area contributed by atoms with E-state index in [2.05, 4.69) is 5.32 Å². The van der Waals surface area contributed by atoms with E-state index in [0.717, 1.165) is 47.0 Å². The van der Waals surface area contributed by atoms with Gasteiger partial charge in [-0.05, 0) is 48.4 Å². The second kappa shape index (κ2) is 5.92. The first kappa shape index (κ1) is 14.6. The third kappa shape index (κ3) is 2.58. The molecule has 2 aromatic rings. The lowest BCUT2D eigenvalue weighted by atomic mass is 9.96. The first-order valence-electron chi connectivity index (χ1n) is 7.81. The Balaban J connectivity index is 1.67. The van der Waals surface area contributed by atoms with Crippen molar-refractivity contribution in [2.75, 3.05) is 20.4 Å². The van der Waals surface area contributed by atoms with E-state index >= 15 is 0 Å². The second-order valence-electron chi connectivity index (χ2n) is 5.69. The van der Waals surface area contributed by atoms with Gasteiger partial charge in [0.05, 0.1) is 7.11 Å². The fourth-order valence-corrected chi connectivity index (χ4v) is 2.97. The smallest absolute Gasteiger partial charge is 0.231 e. The number of carbonyl (C=O) groups is 1. The van der Waals surface area contributed by atoms with Gasteiger partial charge in [0, 0.05) is 29.4 Å². The zero-order valence-electron chi connectivity index (χ0n) is 13.3. The van der Waals surface area contributed by atoms with Crippen molar-refractivity contribution in [3.05, 3.63) is 59.2 Å². The van der Waals surface area contributed by atoms with Gasteiger partial charge >= 0.3 is 0 Å². The lowest BCUT2D eigenvalue weighted by molar-refractivity contribution is 0.104. The minimum atomic E-state index is -0.0503. The van der Waals surface area contributed by atoms with E-state index in [4.69, 9.17) is 14.2 Å². The van der Waals surface area contributed by atoms with Crippen LogP contribution in [-0.2, 0) is 6.42 Å². The Morgan fingerprint density at radius 1 is 1.17 bits per heavy atom. The van der Waals surface area contributed by atoms with E-state index < -0.39 is 0 Å². The predicted octanol–water partition coefficient (Wildman–Crippen LogP) is 2.79. The summed E-state index contributed by atoms with van der Waals surface area (Å²) in [7, 11) is 1.60. The maximum absolute atomic E-state index is 12.5. The highest BCUT2D eigenvalue weighted by molar-refractivity contribution is 6.08. The van der Waals surface area contributed by atoms with Crippen LogP contribution < -0.4 is 19.5 Å². The van der Waals surface area contributed by atoms with Crippen molar-refractivity contribution < 1.29 is 19.0 Å². The molecule has 1 N–H and O–H groups in total. The van der Waals surface area contributed by atoms with E-state index in [-0.39, 0.29) is 12.6 Å². The summed E-state index contributed by atoms with van der Waals surface area (Å²) in [5.41, 5.74) is 3.59. The van der Waals surface area contributed by atoms with E-state index in [1.54, 1.807) is 37.5 Å². The number of hydrogen-bond acceptors (Lipinski definition) is 5. The number of carbonyl (C=O) groups excluding carboxylic acids is 1. The van der Waals surface area contributed by atoms with E-state index in [1.807, 2.05) is 12.1 Å². The van der Waals surface area contributed by atoms with Gasteiger partial charge in [-0.15, -0.1) is 0 Å². The summed E-state index contributed by atoms with van der Waals surface area (Å²) in [5.74, 6) is 2.18. The fourth-order valence-electron chi connectivity index (χ4n) is 2.97. The van der Waals surface area contributed by atoms with Crippen molar-refractivity contribution in [2.45, 2.75) is 6.42 Å². The number of ether oxygens (including phenoxy) is 3. The van der Waals surface area contributed by atoms with Crippen LogP contribution >= 0.6 is 0 Å². The lowest BCUT2D eigenvalue weighted by Gasteiger charge is -2.21. The van der Waals surface area contributed by atoms with E-state index in [9.17, 15) is 4.79 Å². The molecule has 0 saturated carbocycles. The number of fused-ring (bicyclic) bond motifs is 2. The molecule has 0 aromatic heterocycles. The molecule has 0 fully saturated rings. The standard InChI is InChI=1S/C19H17NO4/c1-22-14-4-2-12(3-5-14)17(21)10-16-15-9-19-18(23-11-24-19)8-13(15)6-7-20-16/h2-5,8-10,20H,6-7,11H2,1H3. The highest BCUT2D eigenvalue weighted by atomic mass is 16.7. The molecule has 2 aliphatic rings. The average Bonchev–Trinajstić information content (AvgIpc) is 3.07. The van der Waals surface area contributed by atoms with Gasteiger partial charge in [-0.2, -0.15) is 0 Å². The zero-order chi connectivity index (χ0) is 16.5. The van der Waals surface area contributed by atoms with Crippen LogP contribution in [0.4, 0.5) is 0 Å². The molecule has 2 heterocycles.